The number of ether oxygens (including phenoxy) is 2. The second-order valence-electron chi connectivity index (χ2n) is 5.57. The number of nitrogens with zero attached hydrogens (tertiary/aromatic N) is 1. The van der Waals surface area contributed by atoms with Crippen LogP contribution in [-0.2, 0) is 13.5 Å². The fourth-order valence-corrected chi connectivity index (χ4v) is 2.79. The number of benzene rings is 1. The quantitative estimate of drug-likeness (QED) is 0.788. The maximum absolute atomic E-state index is 12.5. The predicted molar refractivity (Wildman–Crippen MR) is 74.2 cm³/mol. The lowest BCUT2D eigenvalue weighted by atomic mass is 10.0. The summed E-state index contributed by atoms with van der Waals surface area (Å²) >= 11 is 0. The van der Waals surface area contributed by atoms with E-state index in [9.17, 15) is 4.79 Å². The number of hydrogen-bond acceptors (Lipinski definition) is 3. The van der Waals surface area contributed by atoms with Gasteiger partial charge in [0.25, 0.3) is 5.56 Å². The Balaban J connectivity index is 2.46. The molecule has 1 aromatic heterocycles. The average Bonchev–Trinajstić information content (AvgIpc) is 2.71. The minimum absolute atomic E-state index is 0.00225. The lowest BCUT2D eigenvalue weighted by molar-refractivity contribution is 0.140. The van der Waals surface area contributed by atoms with Gasteiger partial charge in [0, 0.05) is 18.9 Å². The van der Waals surface area contributed by atoms with Gasteiger partial charge in [0.15, 0.2) is 0 Å². The first kappa shape index (κ1) is 12.1. The molecule has 0 spiro atoms. The zero-order chi connectivity index (χ0) is 13.8. The fourth-order valence-electron chi connectivity index (χ4n) is 2.79. The molecule has 0 amide bonds. The van der Waals surface area contributed by atoms with E-state index in [2.05, 4.69) is 0 Å². The molecule has 1 aromatic carbocycles. The van der Waals surface area contributed by atoms with Crippen molar-refractivity contribution in [2.75, 3.05) is 7.11 Å². The van der Waals surface area contributed by atoms with Crippen LogP contribution in [0.15, 0.2) is 23.0 Å². The molecule has 0 fully saturated rings. The molecule has 0 aliphatic carbocycles. The van der Waals surface area contributed by atoms with Gasteiger partial charge in [0.05, 0.1) is 18.2 Å². The highest BCUT2D eigenvalue weighted by Gasteiger charge is 2.34. The maximum atomic E-state index is 12.5. The highest BCUT2D eigenvalue weighted by Crippen LogP contribution is 2.40. The average molecular weight is 259 g/mol. The van der Waals surface area contributed by atoms with E-state index in [0.29, 0.717) is 17.9 Å². The van der Waals surface area contributed by atoms with E-state index in [1.54, 1.807) is 18.7 Å². The van der Waals surface area contributed by atoms with Crippen LogP contribution in [-0.4, -0.2) is 17.3 Å². The monoisotopic (exact) mass is 259 g/mol. The summed E-state index contributed by atoms with van der Waals surface area (Å²) in [6.07, 6.45) is 0.641. The maximum Gasteiger partial charge on any atom is 0.257 e. The van der Waals surface area contributed by atoms with E-state index in [4.69, 9.17) is 9.47 Å². The number of fused-ring (bicyclic) bond motifs is 3. The van der Waals surface area contributed by atoms with Gasteiger partial charge < -0.3 is 14.0 Å². The third-order valence-corrected chi connectivity index (χ3v) is 3.62. The fraction of sp³-hybridized carbons (Fsp3) is 0.400. The van der Waals surface area contributed by atoms with Gasteiger partial charge >= 0.3 is 0 Å². The van der Waals surface area contributed by atoms with Gasteiger partial charge in [0.2, 0.25) is 0 Å². The zero-order valence-corrected chi connectivity index (χ0v) is 11.6. The smallest absolute Gasteiger partial charge is 0.257 e. The largest absolute Gasteiger partial charge is 0.495 e. The number of para-hydroxylation sites is 1. The summed E-state index contributed by atoms with van der Waals surface area (Å²) in [4.78, 5) is 12.5. The first-order valence-corrected chi connectivity index (χ1v) is 6.32. The van der Waals surface area contributed by atoms with Crippen molar-refractivity contribution in [2.45, 2.75) is 25.9 Å². The van der Waals surface area contributed by atoms with Crippen LogP contribution in [0.5, 0.6) is 11.5 Å². The summed E-state index contributed by atoms with van der Waals surface area (Å²) < 4.78 is 13.0. The summed E-state index contributed by atoms with van der Waals surface area (Å²) in [6, 6.07) is 5.74. The third kappa shape index (κ3) is 1.63. The van der Waals surface area contributed by atoms with Gasteiger partial charge in [0.1, 0.15) is 17.1 Å². The highest BCUT2D eigenvalue weighted by molar-refractivity contribution is 5.91. The molecule has 2 aromatic rings. The van der Waals surface area contributed by atoms with Crippen LogP contribution in [0.4, 0.5) is 0 Å². The topological polar surface area (TPSA) is 40.5 Å². The molecule has 19 heavy (non-hydrogen) atoms. The Hall–Kier alpha value is -1.97. The molecule has 0 saturated carbocycles. The molecular formula is C15H17NO3. The van der Waals surface area contributed by atoms with E-state index in [0.717, 1.165) is 16.5 Å². The normalized spacial score (nSPS) is 16.2. The van der Waals surface area contributed by atoms with Crippen molar-refractivity contribution >= 4 is 10.9 Å². The van der Waals surface area contributed by atoms with Crippen molar-refractivity contribution in [3.05, 3.63) is 34.1 Å². The molecule has 0 unspecified atom stereocenters. The Morgan fingerprint density at radius 1 is 1.37 bits per heavy atom. The lowest BCUT2D eigenvalue weighted by Gasteiger charge is -2.18. The molecule has 1 aliphatic heterocycles. The van der Waals surface area contributed by atoms with Crippen LogP contribution in [0.25, 0.3) is 10.9 Å². The van der Waals surface area contributed by atoms with Crippen LogP contribution in [0.3, 0.4) is 0 Å². The van der Waals surface area contributed by atoms with Crippen molar-refractivity contribution in [1.29, 1.82) is 0 Å². The number of rotatable bonds is 1. The molecule has 2 heterocycles. The molecular weight excluding hydrogens is 242 g/mol. The van der Waals surface area contributed by atoms with Crippen molar-refractivity contribution in [3.63, 3.8) is 0 Å². The van der Waals surface area contributed by atoms with E-state index >= 15 is 0 Å². The number of aryl methyl sites for hydroxylation is 1. The van der Waals surface area contributed by atoms with Crippen LogP contribution in [0.1, 0.15) is 19.4 Å². The van der Waals surface area contributed by atoms with E-state index in [1.807, 2.05) is 32.0 Å². The Labute approximate surface area is 111 Å². The van der Waals surface area contributed by atoms with Gasteiger partial charge in [-0.15, -0.1) is 0 Å². The molecule has 0 bridgehead atoms. The molecule has 4 heteroatoms. The first-order chi connectivity index (χ1) is 8.94. The Morgan fingerprint density at radius 2 is 2.11 bits per heavy atom. The Kier molecular flexibility index (Phi) is 2.39. The van der Waals surface area contributed by atoms with Crippen molar-refractivity contribution < 1.29 is 9.47 Å². The van der Waals surface area contributed by atoms with Crippen molar-refractivity contribution in [1.82, 2.24) is 4.57 Å². The van der Waals surface area contributed by atoms with Crippen LogP contribution >= 0.6 is 0 Å². The summed E-state index contributed by atoms with van der Waals surface area (Å²) in [6.45, 7) is 4.00. The first-order valence-electron chi connectivity index (χ1n) is 6.32. The van der Waals surface area contributed by atoms with Gasteiger partial charge in [-0.05, 0) is 26.0 Å². The highest BCUT2D eigenvalue weighted by atomic mass is 16.5. The zero-order valence-electron chi connectivity index (χ0n) is 11.6. The van der Waals surface area contributed by atoms with Crippen LogP contribution in [0.2, 0.25) is 0 Å². The number of pyridine rings is 1. The van der Waals surface area contributed by atoms with E-state index in [1.165, 1.54) is 0 Å². The molecule has 0 N–H and O–H groups in total. The van der Waals surface area contributed by atoms with Gasteiger partial charge in [-0.2, -0.15) is 0 Å². The van der Waals surface area contributed by atoms with Gasteiger partial charge in [-0.3, -0.25) is 4.79 Å². The summed E-state index contributed by atoms with van der Waals surface area (Å²) in [5.74, 6) is 1.40. The molecule has 100 valence electrons. The van der Waals surface area contributed by atoms with E-state index < -0.39 is 0 Å². The molecule has 4 nitrogen and oxygen atoms in total. The Morgan fingerprint density at radius 3 is 2.79 bits per heavy atom. The van der Waals surface area contributed by atoms with Crippen molar-refractivity contribution in [2.24, 2.45) is 7.05 Å². The van der Waals surface area contributed by atoms with Crippen LogP contribution in [0, 0.1) is 0 Å². The second-order valence-corrected chi connectivity index (χ2v) is 5.57. The van der Waals surface area contributed by atoms with Crippen molar-refractivity contribution in [3.8, 4) is 11.5 Å². The third-order valence-electron chi connectivity index (χ3n) is 3.62. The Bertz CT molecular complexity index is 728. The number of hydrogen-bond donors (Lipinski definition) is 0. The number of methoxy groups -OCH3 is 1. The molecule has 1 aliphatic rings. The lowest BCUT2D eigenvalue weighted by Crippen LogP contribution is -2.26. The minimum atomic E-state index is -0.328. The molecule has 0 radical (unpaired) electrons. The predicted octanol–water partition coefficient (Wildman–Crippen LogP) is 2.26. The molecule has 0 saturated heterocycles. The van der Waals surface area contributed by atoms with Crippen LogP contribution < -0.4 is 15.0 Å². The summed E-state index contributed by atoms with van der Waals surface area (Å²) in [5.41, 5.74) is 1.21. The standard InChI is InChI=1S/C15H17NO3/c1-15(2)8-10-13(19-15)9-6-5-7-11(18-4)12(9)16(3)14(10)17/h5-7H,8H2,1-4H3. The number of aromatic nitrogens is 1. The second kappa shape index (κ2) is 3.76. The minimum Gasteiger partial charge on any atom is -0.495 e. The van der Waals surface area contributed by atoms with Gasteiger partial charge in [-0.1, -0.05) is 6.07 Å². The molecule has 0 atom stereocenters. The molecule has 3 rings (SSSR count). The van der Waals surface area contributed by atoms with E-state index in [-0.39, 0.29) is 11.2 Å². The van der Waals surface area contributed by atoms with Gasteiger partial charge in [-0.25, -0.2) is 0 Å². The summed E-state index contributed by atoms with van der Waals surface area (Å²) in [5, 5.41) is 0.932. The SMILES string of the molecule is COc1cccc2c3c(c(=O)n(C)c12)CC(C)(C)O3. The summed E-state index contributed by atoms with van der Waals surface area (Å²) in [7, 11) is 3.38.